The number of benzene rings is 3. The van der Waals surface area contributed by atoms with Gasteiger partial charge >= 0.3 is 11.9 Å². The number of unbranched alkanes of at least 4 members (excludes halogenated alkanes) is 1. The second-order valence-electron chi connectivity index (χ2n) is 13.2. The number of para-hydroxylation sites is 2. The van der Waals surface area contributed by atoms with Crippen molar-refractivity contribution in [2.45, 2.75) is 96.8 Å². The van der Waals surface area contributed by atoms with Gasteiger partial charge in [0, 0.05) is 12.8 Å². The molecule has 3 rings (SSSR count). The number of rotatable bonds is 22. The maximum atomic E-state index is 12.4. The van der Waals surface area contributed by atoms with E-state index in [0.29, 0.717) is 39.1 Å². The standard InChI is InChI=1S/C40H54O7/c1-6-7-26-45-36-31-32(39(2,3)24-14-20-37(41)46-29-27-43-33-16-10-8-11-17-33)22-23-35(36)40(4,5)25-15-21-38(42)47-30-28-44-34-18-12-9-13-19-34/h8-13,16-19,22-23,31H,6-7,14-15,20-21,24-30H2,1-5H3. The van der Waals surface area contributed by atoms with Crippen molar-refractivity contribution in [3.8, 4) is 17.2 Å². The van der Waals surface area contributed by atoms with E-state index < -0.39 is 0 Å². The molecule has 7 heteroatoms. The van der Waals surface area contributed by atoms with Crippen LogP contribution in [0.15, 0.2) is 78.9 Å². The fourth-order valence-electron chi connectivity index (χ4n) is 5.38. The van der Waals surface area contributed by atoms with Gasteiger partial charge < -0.3 is 23.7 Å². The molecule has 0 radical (unpaired) electrons. The zero-order valence-corrected chi connectivity index (χ0v) is 29.1. The smallest absolute Gasteiger partial charge is 0.305 e. The number of hydrogen-bond acceptors (Lipinski definition) is 7. The van der Waals surface area contributed by atoms with Crippen molar-refractivity contribution >= 4 is 11.9 Å². The van der Waals surface area contributed by atoms with Crippen LogP contribution in [0.25, 0.3) is 0 Å². The summed E-state index contributed by atoms with van der Waals surface area (Å²) in [4.78, 5) is 24.7. The monoisotopic (exact) mass is 646 g/mol. The van der Waals surface area contributed by atoms with Crippen LogP contribution in [0.4, 0.5) is 0 Å². The van der Waals surface area contributed by atoms with E-state index >= 15 is 0 Å². The lowest BCUT2D eigenvalue weighted by Crippen LogP contribution is -2.22. The molecule has 0 aliphatic carbocycles. The number of esters is 2. The highest BCUT2D eigenvalue weighted by Crippen LogP contribution is 2.40. The first-order valence-electron chi connectivity index (χ1n) is 17.1. The molecule has 0 unspecified atom stereocenters. The van der Waals surface area contributed by atoms with E-state index in [0.717, 1.165) is 54.9 Å². The Kier molecular flexibility index (Phi) is 15.6. The zero-order valence-electron chi connectivity index (χ0n) is 29.1. The van der Waals surface area contributed by atoms with Gasteiger partial charge in [0.2, 0.25) is 0 Å². The first kappa shape index (κ1) is 37.5. The molecule has 0 N–H and O–H groups in total. The summed E-state index contributed by atoms with van der Waals surface area (Å²) < 4.78 is 28.3. The second kappa shape index (κ2) is 19.6. The molecular weight excluding hydrogens is 592 g/mol. The van der Waals surface area contributed by atoms with Crippen LogP contribution < -0.4 is 14.2 Å². The van der Waals surface area contributed by atoms with Crippen LogP contribution in [0.5, 0.6) is 17.2 Å². The van der Waals surface area contributed by atoms with E-state index in [4.69, 9.17) is 23.7 Å². The van der Waals surface area contributed by atoms with E-state index in [-0.39, 0.29) is 36.0 Å². The predicted octanol–water partition coefficient (Wildman–Crippen LogP) is 9.01. The second-order valence-corrected chi connectivity index (χ2v) is 13.2. The molecule has 0 aromatic heterocycles. The summed E-state index contributed by atoms with van der Waals surface area (Å²) in [7, 11) is 0. The SMILES string of the molecule is CCCCOc1cc(C(C)(C)CCCC(=O)OCCOc2ccccc2)ccc1C(C)(C)CCCC(=O)OCCOc1ccccc1. The summed E-state index contributed by atoms with van der Waals surface area (Å²) in [5.41, 5.74) is 1.96. The molecule has 0 saturated carbocycles. The van der Waals surface area contributed by atoms with Crippen molar-refractivity contribution in [2.75, 3.05) is 33.0 Å². The number of hydrogen-bond donors (Lipinski definition) is 0. The fourth-order valence-corrected chi connectivity index (χ4v) is 5.38. The largest absolute Gasteiger partial charge is 0.493 e. The minimum absolute atomic E-state index is 0.157. The van der Waals surface area contributed by atoms with Gasteiger partial charge in [-0.25, -0.2) is 0 Å². The predicted molar refractivity (Wildman–Crippen MR) is 186 cm³/mol. The third kappa shape index (κ3) is 13.7. The molecule has 0 spiro atoms. The number of ether oxygens (including phenoxy) is 5. The fraction of sp³-hybridized carbons (Fsp3) is 0.500. The Morgan fingerprint density at radius 3 is 1.60 bits per heavy atom. The molecule has 0 aliphatic heterocycles. The van der Waals surface area contributed by atoms with Crippen LogP contribution in [-0.4, -0.2) is 45.0 Å². The van der Waals surface area contributed by atoms with Gasteiger partial charge in [0.05, 0.1) is 6.61 Å². The van der Waals surface area contributed by atoms with Gasteiger partial charge in [-0.05, 0) is 84.4 Å². The van der Waals surface area contributed by atoms with Crippen molar-refractivity contribution in [1.29, 1.82) is 0 Å². The van der Waals surface area contributed by atoms with Crippen LogP contribution in [-0.2, 0) is 29.9 Å². The van der Waals surface area contributed by atoms with Crippen molar-refractivity contribution in [2.24, 2.45) is 0 Å². The topological polar surface area (TPSA) is 80.3 Å². The zero-order chi connectivity index (χ0) is 34.0. The number of carbonyl (C=O) groups is 2. The summed E-state index contributed by atoms with van der Waals surface area (Å²) in [5.74, 6) is 2.01. The molecule has 0 heterocycles. The van der Waals surface area contributed by atoms with Gasteiger partial charge in [-0.3, -0.25) is 9.59 Å². The Morgan fingerprint density at radius 2 is 1.09 bits per heavy atom. The van der Waals surface area contributed by atoms with E-state index in [1.807, 2.05) is 60.7 Å². The van der Waals surface area contributed by atoms with Crippen LogP contribution in [0, 0.1) is 0 Å². The van der Waals surface area contributed by atoms with Crippen LogP contribution >= 0.6 is 0 Å². The van der Waals surface area contributed by atoms with Crippen molar-refractivity contribution in [1.82, 2.24) is 0 Å². The first-order valence-corrected chi connectivity index (χ1v) is 17.1. The molecule has 0 bridgehead atoms. The van der Waals surface area contributed by atoms with Crippen molar-refractivity contribution in [3.05, 3.63) is 90.0 Å². The molecule has 3 aromatic rings. The lowest BCUT2D eigenvalue weighted by Gasteiger charge is -2.31. The molecule has 0 amide bonds. The summed E-state index contributed by atoms with van der Waals surface area (Å²) in [6, 6.07) is 25.5. The molecule has 0 fully saturated rings. The molecule has 0 atom stereocenters. The van der Waals surface area contributed by atoms with Gasteiger partial charge in [0.15, 0.2) is 0 Å². The van der Waals surface area contributed by atoms with E-state index in [1.165, 1.54) is 5.56 Å². The van der Waals surface area contributed by atoms with Crippen LogP contribution in [0.2, 0.25) is 0 Å². The molecule has 0 aliphatic rings. The Bertz CT molecular complexity index is 1340. The molecule has 3 aromatic carbocycles. The maximum Gasteiger partial charge on any atom is 0.305 e. The number of carbonyl (C=O) groups excluding carboxylic acids is 2. The van der Waals surface area contributed by atoms with E-state index in [1.54, 1.807) is 0 Å². The first-order chi connectivity index (χ1) is 22.6. The third-order valence-corrected chi connectivity index (χ3v) is 8.33. The Balaban J connectivity index is 1.48. The Morgan fingerprint density at radius 1 is 0.574 bits per heavy atom. The normalized spacial score (nSPS) is 11.5. The highest BCUT2D eigenvalue weighted by molar-refractivity contribution is 5.69. The van der Waals surface area contributed by atoms with E-state index in [9.17, 15) is 9.59 Å². The van der Waals surface area contributed by atoms with Gasteiger partial charge in [0.25, 0.3) is 0 Å². The molecular formula is C40H54O7. The lowest BCUT2D eigenvalue weighted by atomic mass is 9.76. The van der Waals surface area contributed by atoms with Gasteiger partial charge in [0.1, 0.15) is 43.7 Å². The highest BCUT2D eigenvalue weighted by atomic mass is 16.6. The molecule has 0 saturated heterocycles. The third-order valence-electron chi connectivity index (χ3n) is 8.33. The summed E-state index contributed by atoms with van der Waals surface area (Å²) >= 11 is 0. The lowest BCUT2D eigenvalue weighted by molar-refractivity contribution is -0.145. The van der Waals surface area contributed by atoms with Crippen LogP contribution in [0.1, 0.15) is 97.1 Å². The quantitative estimate of drug-likeness (QED) is 0.0796. The Hall–Kier alpha value is -4.00. The average molecular weight is 647 g/mol. The minimum Gasteiger partial charge on any atom is -0.493 e. The summed E-state index contributed by atoms with van der Waals surface area (Å²) in [6.07, 6.45) is 5.83. The average Bonchev–Trinajstić information content (AvgIpc) is 3.06. The van der Waals surface area contributed by atoms with Gasteiger partial charge in [-0.2, -0.15) is 0 Å². The molecule has 47 heavy (non-hydrogen) atoms. The van der Waals surface area contributed by atoms with Gasteiger partial charge in [-0.15, -0.1) is 0 Å². The van der Waals surface area contributed by atoms with E-state index in [2.05, 4.69) is 52.8 Å². The molecule has 256 valence electrons. The summed E-state index contributed by atoms with van der Waals surface area (Å²) in [5, 5.41) is 0. The highest BCUT2D eigenvalue weighted by Gasteiger charge is 2.28. The minimum atomic E-state index is -0.210. The molecule has 7 nitrogen and oxygen atoms in total. The van der Waals surface area contributed by atoms with Crippen molar-refractivity contribution < 1.29 is 33.3 Å². The van der Waals surface area contributed by atoms with Crippen LogP contribution in [0.3, 0.4) is 0 Å². The van der Waals surface area contributed by atoms with Crippen molar-refractivity contribution in [3.63, 3.8) is 0 Å². The summed E-state index contributed by atoms with van der Waals surface area (Å²) in [6.45, 7) is 12.8. The maximum absolute atomic E-state index is 12.4. The van der Waals surface area contributed by atoms with Gasteiger partial charge in [-0.1, -0.05) is 89.6 Å². The Labute approximate surface area is 281 Å².